The highest BCUT2D eigenvalue weighted by Gasteiger charge is 2.41. The minimum absolute atomic E-state index is 0.0274. The number of ether oxygens (including phenoxy) is 1. The second-order valence-electron chi connectivity index (χ2n) is 18.5. The molecule has 2 unspecified atom stereocenters. The number of nitrogens with zero attached hydrogens (tertiary/aromatic N) is 8. The molecular formula is C44H61N9O8S3. The van der Waals surface area contributed by atoms with E-state index < -0.39 is 41.3 Å². The zero-order valence-electron chi connectivity index (χ0n) is 37.2. The van der Waals surface area contributed by atoms with E-state index in [-0.39, 0.29) is 46.2 Å². The van der Waals surface area contributed by atoms with Crippen LogP contribution in [-0.4, -0.2) is 121 Å². The lowest BCUT2D eigenvalue weighted by molar-refractivity contribution is 0.00547. The predicted octanol–water partition coefficient (Wildman–Crippen LogP) is 6.33. The highest BCUT2D eigenvalue weighted by molar-refractivity contribution is 7.90. The number of hydrogen-bond donors (Lipinski definition) is 2. The van der Waals surface area contributed by atoms with E-state index >= 15 is 0 Å². The van der Waals surface area contributed by atoms with Gasteiger partial charge in [-0.05, 0) is 113 Å². The first-order chi connectivity index (χ1) is 30.4. The minimum atomic E-state index is -4.66. The van der Waals surface area contributed by atoms with Crippen molar-refractivity contribution in [1.29, 1.82) is 0 Å². The van der Waals surface area contributed by atoms with Crippen LogP contribution in [0.4, 0.5) is 11.6 Å². The third-order valence-corrected chi connectivity index (χ3v) is 18.5. The van der Waals surface area contributed by atoms with Crippen LogP contribution in [0.2, 0.25) is 0 Å². The molecule has 2 N–H and O–H groups in total. The van der Waals surface area contributed by atoms with Gasteiger partial charge in [0.05, 0.1) is 27.5 Å². The fourth-order valence-corrected chi connectivity index (χ4v) is 14.4. The molecule has 20 heteroatoms. The SMILES string of the molecule is Cc1ccc(S(=O)(=O)n2ccc3c(N(C)[C@H]4CC[C@H](C(c5nc(N(C)[C@H]6CC[C@H](CS(=O)(=O)N7CCCC(OCC(C)C)C7)CC6)c6cc[nH]c6n5)S(=O)(=O)O)CC4)ncnc32)cc1. The molecule has 4 aromatic heterocycles. The number of hydrogen-bond acceptors (Lipinski definition) is 13. The van der Waals surface area contributed by atoms with Crippen molar-refractivity contribution in [3.05, 3.63) is 66.5 Å². The standard InChI is InChI=1S/C44H61N9O8S3/c1-29(2)26-61-35-7-6-23-52(25-35)62(54,55)27-31-10-14-33(15-11-31)51(5)44-37-20-22-45-40(37)48-41(49-44)39(64(58,59)60)32-12-16-34(17-13-32)50(4)42-38-21-24-53(43(38)47-28-46-42)63(56,57)36-18-8-30(3)9-19-36/h8-9,18-22,24,28-29,31-35,39H,6-7,10-17,23,25-27H2,1-5H3,(H,45,48,49)(H,58,59,60)/t31-,32-,33-,34-,35?,39?. The molecule has 348 valence electrons. The molecule has 64 heavy (non-hydrogen) atoms. The summed E-state index contributed by atoms with van der Waals surface area (Å²) in [5.74, 6) is 1.20. The van der Waals surface area contributed by atoms with E-state index in [0.29, 0.717) is 74.0 Å². The van der Waals surface area contributed by atoms with Crippen LogP contribution in [0.1, 0.15) is 94.7 Å². The van der Waals surface area contributed by atoms with Crippen molar-refractivity contribution in [2.24, 2.45) is 17.8 Å². The maximum Gasteiger partial charge on any atom is 0.275 e. The molecule has 5 aromatic rings. The zero-order chi connectivity index (χ0) is 45.6. The molecule has 17 nitrogen and oxygen atoms in total. The van der Waals surface area contributed by atoms with E-state index in [1.807, 2.05) is 32.0 Å². The summed E-state index contributed by atoms with van der Waals surface area (Å²) in [4.78, 5) is 25.8. The van der Waals surface area contributed by atoms with Crippen molar-refractivity contribution in [2.75, 3.05) is 49.3 Å². The smallest absolute Gasteiger partial charge is 0.275 e. The van der Waals surface area contributed by atoms with Gasteiger partial charge in [0.25, 0.3) is 20.1 Å². The Kier molecular flexibility index (Phi) is 13.5. The van der Waals surface area contributed by atoms with Gasteiger partial charge in [0, 0.05) is 58.3 Å². The lowest BCUT2D eigenvalue weighted by Crippen LogP contribution is -2.46. The molecule has 1 aromatic carbocycles. The summed E-state index contributed by atoms with van der Waals surface area (Å²) in [5.41, 5.74) is 1.67. The third-order valence-electron chi connectivity index (χ3n) is 13.6. The van der Waals surface area contributed by atoms with Gasteiger partial charge in [-0.25, -0.2) is 40.7 Å². The van der Waals surface area contributed by atoms with Gasteiger partial charge < -0.3 is 19.5 Å². The Labute approximate surface area is 376 Å². The second kappa shape index (κ2) is 18.6. The van der Waals surface area contributed by atoms with Gasteiger partial charge >= 0.3 is 0 Å². The second-order valence-corrected chi connectivity index (χ2v) is 23.9. The van der Waals surface area contributed by atoms with Crippen LogP contribution < -0.4 is 9.80 Å². The number of fused-ring (bicyclic) bond motifs is 2. The summed E-state index contributed by atoms with van der Waals surface area (Å²) >= 11 is 0. The van der Waals surface area contributed by atoms with E-state index in [2.05, 4.69) is 38.7 Å². The van der Waals surface area contributed by atoms with Crippen molar-refractivity contribution >= 4 is 63.9 Å². The number of anilines is 2. The summed E-state index contributed by atoms with van der Waals surface area (Å²) in [7, 11) is -8.19. The molecular weight excluding hydrogens is 879 g/mol. The average Bonchev–Trinajstić information content (AvgIpc) is 3.94. The number of piperidine rings is 1. The number of sulfonamides is 1. The molecule has 1 aliphatic heterocycles. The normalized spacial score (nSPS) is 23.5. The first-order valence-electron chi connectivity index (χ1n) is 22.4. The zero-order valence-corrected chi connectivity index (χ0v) is 39.7. The van der Waals surface area contributed by atoms with Crippen LogP contribution >= 0.6 is 0 Å². The fourth-order valence-electron chi connectivity index (χ4n) is 10.0. The summed E-state index contributed by atoms with van der Waals surface area (Å²) < 4.78 is 101. The number of benzene rings is 1. The average molecular weight is 940 g/mol. The third kappa shape index (κ3) is 9.68. The molecule has 0 bridgehead atoms. The molecule has 2 aliphatic carbocycles. The number of rotatable bonds is 15. The van der Waals surface area contributed by atoms with Crippen LogP contribution in [0.25, 0.3) is 22.1 Å². The van der Waals surface area contributed by atoms with Gasteiger partial charge in [-0.1, -0.05) is 31.5 Å². The topological polar surface area (TPSA) is 214 Å². The molecule has 3 fully saturated rings. The van der Waals surface area contributed by atoms with Gasteiger partial charge in [0.15, 0.2) is 11.5 Å². The van der Waals surface area contributed by atoms with Crippen LogP contribution in [0, 0.1) is 24.7 Å². The first kappa shape index (κ1) is 46.3. The molecule has 5 heterocycles. The molecule has 0 amide bonds. The Balaban J connectivity index is 0.942. The summed E-state index contributed by atoms with van der Waals surface area (Å²) in [6.45, 7) is 7.63. The van der Waals surface area contributed by atoms with E-state index in [0.717, 1.165) is 49.5 Å². The molecule has 8 rings (SSSR count). The van der Waals surface area contributed by atoms with Crippen molar-refractivity contribution in [1.82, 2.24) is 33.2 Å². The molecule has 0 spiro atoms. The molecule has 1 saturated heterocycles. The van der Waals surface area contributed by atoms with Gasteiger partial charge in [0.1, 0.15) is 28.9 Å². The summed E-state index contributed by atoms with van der Waals surface area (Å²) in [6.07, 6.45) is 11.2. The molecule has 2 saturated carbocycles. The maximum absolute atomic E-state index is 13.6. The minimum Gasteiger partial charge on any atom is -0.377 e. The van der Waals surface area contributed by atoms with Crippen molar-refractivity contribution in [2.45, 2.75) is 113 Å². The molecule has 3 aliphatic rings. The van der Waals surface area contributed by atoms with E-state index in [4.69, 9.17) is 9.72 Å². The highest BCUT2D eigenvalue weighted by atomic mass is 32.2. The number of aromatic amines is 1. The van der Waals surface area contributed by atoms with Crippen LogP contribution in [0.5, 0.6) is 0 Å². The Bertz CT molecular complexity index is 2760. The van der Waals surface area contributed by atoms with Gasteiger partial charge in [-0.2, -0.15) is 12.7 Å². The molecule has 2 atom stereocenters. The lowest BCUT2D eigenvalue weighted by Gasteiger charge is -2.38. The maximum atomic E-state index is 13.6. The Morgan fingerprint density at radius 2 is 1.50 bits per heavy atom. The van der Waals surface area contributed by atoms with Crippen molar-refractivity contribution < 1.29 is 34.5 Å². The number of nitrogens with one attached hydrogen (secondary N) is 1. The number of H-pyrrole nitrogens is 1. The largest absolute Gasteiger partial charge is 0.377 e. The fraction of sp³-hybridized carbons (Fsp3) is 0.591. The van der Waals surface area contributed by atoms with E-state index in [1.54, 1.807) is 40.8 Å². The Morgan fingerprint density at radius 3 is 2.17 bits per heavy atom. The van der Waals surface area contributed by atoms with Gasteiger partial charge in [-0.3, -0.25) is 4.55 Å². The summed E-state index contributed by atoms with van der Waals surface area (Å²) in [6, 6.07) is 10.2. The van der Waals surface area contributed by atoms with Gasteiger partial charge in [-0.15, -0.1) is 0 Å². The van der Waals surface area contributed by atoms with Crippen LogP contribution in [0.15, 0.2) is 60.0 Å². The van der Waals surface area contributed by atoms with Crippen molar-refractivity contribution in [3.63, 3.8) is 0 Å². The quantitative estimate of drug-likeness (QED) is 0.110. The van der Waals surface area contributed by atoms with Crippen LogP contribution in [-0.2, 0) is 34.9 Å². The lowest BCUT2D eigenvalue weighted by atomic mass is 9.83. The number of aryl methyl sites for hydroxylation is 1. The van der Waals surface area contributed by atoms with Crippen molar-refractivity contribution in [3.8, 4) is 0 Å². The van der Waals surface area contributed by atoms with E-state index in [1.165, 1.54) is 16.5 Å². The van der Waals surface area contributed by atoms with E-state index in [9.17, 15) is 29.8 Å². The molecule has 0 radical (unpaired) electrons. The summed E-state index contributed by atoms with van der Waals surface area (Å²) in [5, 5.41) is -0.0668. The monoisotopic (exact) mass is 939 g/mol. The predicted molar refractivity (Wildman–Crippen MR) is 247 cm³/mol. The number of aromatic nitrogens is 6. The van der Waals surface area contributed by atoms with Gasteiger partial charge in [0.2, 0.25) is 10.0 Å². The Hall–Kier alpha value is -4.21. The highest BCUT2D eigenvalue weighted by Crippen LogP contribution is 2.42. The van der Waals surface area contributed by atoms with Crippen LogP contribution in [0.3, 0.4) is 0 Å². The first-order valence-corrected chi connectivity index (χ1v) is 27.0. The Morgan fingerprint density at radius 1 is 0.828 bits per heavy atom.